The van der Waals surface area contributed by atoms with E-state index in [1.165, 1.54) is 10.5 Å². The van der Waals surface area contributed by atoms with Crippen molar-refractivity contribution < 1.29 is 13.9 Å². The van der Waals surface area contributed by atoms with Gasteiger partial charge in [-0.2, -0.15) is 0 Å². The molecule has 0 saturated heterocycles. The Balaban J connectivity index is 1.72. The van der Waals surface area contributed by atoms with E-state index in [1.807, 2.05) is 26.1 Å². The summed E-state index contributed by atoms with van der Waals surface area (Å²) in [7, 11) is 1.98. The second kappa shape index (κ2) is 6.45. The Hall–Kier alpha value is -1.59. The number of benzene rings is 1. The molecule has 1 aliphatic rings. The topological polar surface area (TPSA) is 43.6 Å². The number of hydrogen-bond donors (Lipinski definition) is 1. The van der Waals surface area contributed by atoms with Crippen molar-refractivity contribution in [2.45, 2.75) is 17.9 Å². The number of fused-ring (bicyclic) bond motifs is 1. The predicted octanol–water partition coefficient (Wildman–Crippen LogP) is 3.41. The summed E-state index contributed by atoms with van der Waals surface area (Å²) in [6.45, 7) is 3.22. The zero-order chi connectivity index (χ0) is 14.7. The molecule has 0 aliphatic carbocycles. The fraction of sp³-hybridized carbons (Fsp3) is 0.375. The van der Waals surface area contributed by atoms with Gasteiger partial charge in [0.1, 0.15) is 19.0 Å². The van der Waals surface area contributed by atoms with Gasteiger partial charge in [-0.1, -0.05) is 6.07 Å². The number of ether oxygens (including phenoxy) is 2. The van der Waals surface area contributed by atoms with E-state index in [4.69, 9.17) is 13.9 Å². The number of hydrogen-bond acceptors (Lipinski definition) is 5. The average Bonchev–Trinajstić information content (AvgIpc) is 2.93. The highest BCUT2D eigenvalue weighted by molar-refractivity contribution is 7.99. The molecule has 0 saturated carbocycles. The van der Waals surface area contributed by atoms with Gasteiger partial charge in [-0.05, 0) is 37.7 Å². The summed E-state index contributed by atoms with van der Waals surface area (Å²) in [4.78, 5) is 1.19. The van der Waals surface area contributed by atoms with E-state index in [0.717, 1.165) is 23.0 Å². The molecule has 0 spiro atoms. The highest BCUT2D eigenvalue weighted by Gasteiger charge is 2.16. The second-order valence-corrected chi connectivity index (χ2v) is 5.96. The third kappa shape index (κ3) is 3.19. The van der Waals surface area contributed by atoms with E-state index in [2.05, 4.69) is 17.4 Å². The monoisotopic (exact) mass is 305 g/mol. The molecule has 0 amide bonds. The second-order valence-electron chi connectivity index (χ2n) is 4.90. The molecule has 1 atom stereocenters. The summed E-state index contributed by atoms with van der Waals surface area (Å²) in [5.74, 6) is 3.56. The molecular weight excluding hydrogens is 286 g/mol. The lowest BCUT2D eigenvalue weighted by molar-refractivity contribution is 0.171. The van der Waals surface area contributed by atoms with Crippen LogP contribution in [0.25, 0.3) is 0 Å². The summed E-state index contributed by atoms with van der Waals surface area (Å²) in [5.41, 5.74) is 1.20. The molecular formula is C16H19NO3S. The van der Waals surface area contributed by atoms with Crippen molar-refractivity contribution in [3.8, 4) is 11.5 Å². The van der Waals surface area contributed by atoms with Crippen LogP contribution in [0.4, 0.5) is 0 Å². The minimum Gasteiger partial charge on any atom is -0.486 e. The minimum atomic E-state index is 0.250. The van der Waals surface area contributed by atoms with Gasteiger partial charge in [0.2, 0.25) is 0 Å². The normalized spacial score (nSPS) is 15.0. The van der Waals surface area contributed by atoms with E-state index in [9.17, 15) is 0 Å². The van der Waals surface area contributed by atoms with Crippen LogP contribution in [-0.4, -0.2) is 26.0 Å². The van der Waals surface area contributed by atoms with Crippen LogP contribution in [0.3, 0.4) is 0 Å². The van der Waals surface area contributed by atoms with Gasteiger partial charge in [0.25, 0.3) is 0 Å². The molecule has 1 aromatic heterocycles. The Morgan fingerprint density at radius 3 is 2.71 bits per heavy atom. The van der Waals surface area contributed by atoms with Gasteiger partial charge in [-0.25, -0.2) is 0 Å². The fourth-order valence-corrected chi connectivity index (χ4v) is 3.43. The summed E-state index contributed by atoms with van der Waals surface area (Å²) < 4.78 is 16.5. The maximum atomic E-state index is 5.65. The van der Waals surface area contributed by atoms with Crippen molar-refractivity contribution >= 4 is 11.8 Å². The maximum absolute atomic E-state index is 5.65. The van der Waals surface area contributed by atoms with Crippen molar-refractivity contribution in [3.05, 3.63) is 41.9 Å². The number of rotatable bonds is 5. The van der Waals surface area contributed by atoms with Crippen LogP contribution in [0.1, 0.15) is 17.4 Å². The van der Waals surface area contributed by atoms with E-state index in [-0.39, 0.29) is 6.04 Å². The van der Waals surface area contributed by atoms with Gasteiger partial charge >= 0.3 is 0 Å². The van der Waals surface area contributed by atoms with Crippen LogP contribution in [0.15, 0.2) is 39.8 Å². The molecule has 5 heteroatoms. The first-order valence-corrected chi connectivity index (χ1v) is 8.00. The van der Waals surface area contributed by atoms with Crippen LogP contribution in [0.5, 0.6) is 11.5 Å². The molecule has 0 radical (unpaired) electrons. The fourth-order valence-electron chi connectivity index (χ4n) is 2.32. The molecule has 0 fully saturated rings. The van der Waals surface area contributed by atoms with Gasteiger partial charge < -0.3 is 19.2 Å². The van der Waals surface area contributed by atoms with Gasteiger partial charge in [0.05, 0.1) is 6.26 Å². The Labute approximate surface area is 128 Å². The number of thioether (sulfide) groups is 1. The van der Waals surface area contributed by atoms with E-state index < -0.39 is 0 Å². The maximum Gasteiger partial charge on any atom is 0.161 e. The summed E-state index contributed by atoms with van der Waals surface area (Å²) in [6.07, 6.45) is 1.73. The van der Waals surface area contributed by atoms with E-state index >= 15 is 0 Å². The zero-order valence-electron chi connectivity index (χ0n) is 12.2. The standard InChI is InChI=1S/C16H19NO3S/c1-11-16(5-6-18-11)21-10-13(17-2)12-3-4-14-15(9-12)20-8-7-19-14/h3-6,9,13,17H,7-8,10H2,1-2H3. The van der Waals surface area contributed by atoms with E-state index in [0.29, 0.717) is 13.2 Å². The van der Waals surface area contributed by atoms with Gasteiger partial charge in [-0.15, -0.1) is 11.8 Å². The summed E-state index contributed by atoms with van der Waals surface area (Å²) in [5, 5.41) is 3.36. The third-order valence-corrected chi connectivity index (χ3v) is 4.77. The highest BCUT2D eigenvalue weighted by Crippen LogP contribution is 2.34. The van der Waals surface area contributed by atoms with Crippen LogP contribution in [0.2, 0.25) is 0 Å². The lowest BCUT2D eigenvalue weighted by Gasteiger charge is -2.22. The SMILES string of the molecule is CNC(CSc1ccoc1C)c1ccc2c(c1)OCCO2. The molecule has 4 nitrogen and oxygen atoms in total. The first-order chi connectivity index (χ1) is 10.3. The molecule has 0 bridgehead atoms. The molecule has 1 aromatic carbocycles. The molecule has 21 heavy (non-hydrogen) atoms. The Bertz CT molecular complexity index is 611. The van der Waals surface area contributed by atoms with Crippen LogP contribution in [-0.2, 0) is 0 Å². The van der Waals surface area contributed by atoms with Gasteiger partial charge in [0, 0.05) is 16.7 Å². The van der Waals surface area contributed by atoms with Crippen LogP contribution < -0.4 is 14.8 Å². The summed E-state index contributed by atoms with van der Waals surface area (Å²) >= 11 is 1.79. The van der Waals surface area contributed by atoms with Crippen molar-refractivity contribution in [1.82, 2.24) is 5.32 Å². The van der Waals surface area contributed by atoms with Crippen LogP contribution in [0, 0.1) is 6.92 Å². The van der Waals surface area contributed by atoms with E-state index in [1.54, 1.807) is 18.0 Å². The third-order valence-electron chi connectivity index (χ3n) is 3.53. The Kier molecular flexibility index (Phi) is 4.41. The molecule has 1 N–H and O–H groups in total. The first kappa shape index (κ1) is 14.4. The first-order valence-electron chi connectivity index (χ1n) is 7.01. The van der Waals surface area contributed by atoms with Gasteiger partial charge in [-0.3, -0.25) is 0 Å². The van der Waals surface area contributed by atoms with Crippen molar-refractivity contribution in [1.29, 1.82) is 0 Å². The van der Waals surface area contributed by atoms with Crippen LogP contribution >= 0.6 is 11.8 Å². The molecule has 1 aliphatic heterocycles. The zero-order valence-corrected chi connectivity index (χ0v) is 13.0. The Morgan fingerprint density at radius 1 is 1.19 bits per heavy atom. The molecule has 112 valence electrons. The quantitative estimate of drug-likeness (QED) is 0.858. The summed E-state index contributed by atoms with van der Waals surface area (Å²) in [6, 6.07) is 8.41. The number of furan rings is 1. The molecule has 1 unspecified atom stereocenters. The number of aryl methyl sites for hydroxylation is 1. The lowest BCUT2D eigenvalue weighted by Crippen LogP contribution is -2.20. The molecule has 2 aromatic rings. The largest absolute Gasteiger partial charge is 0.486 e. The lowest BCUT2D eigenvalue weighted by atomic mass is 10.1. The van der Waals surface area contributed by atoms with Crippen molar-refractivity contribution in [2.75, 3.05) is 26.0 Å². The predicted molar refractivity (Wildman–Crippen MR) is 83.4 cm³/mol. The van der Waals surface area contributed by atoms with Crippen molar-refractivity contribution in [3.63, 3.8) is 0 Å². The highest BCUT2D eigenvalue weighted by atomic mass is 32.2. The molecule has 2 heterocycles. The van der Waals surface area contributed by atoms with Crippen molar-refractivity contribution in [2.24, 2.45) is 0 Å². The minimum absolute atomic E-state index is 0.250. The number of nitrogens with one attached hydrogen (secondary N) is 1. The van der Waals surface area contributed by atoms with Gasteiger partial charge in [0.15, 0.2) is 11.5 Å². The Morgan fingerprint density at radius 2 is 2.00 bits per heavy atom. The smallest absolute Gasteiger partial charge is 0.161 e. The average molecular weight is 305 g/mol. The molecule has 3 rings (SSSR count).